The van der Waals surface area contributed by atoms with Crippen LogP contribution < -0.4 is 14.2 Å². The van der Waals surface area contributed by atoms with Crippen molar-refractivity contribution in [2.75, 3.05) is 0 Å². The van der Waals surface area contributed by atoms with E-state index in [0.717, 1.165) is 48.8 Å². The second-order valence-electron chi connectivity index (χ2n) is 24.0. The number of aryl methyl sites for hydroxylation is 2. The van der Waals surface area contributed by atoms with Gasteiger partial charge >= 0.3 is 23.9 Å². The molecule has 18 nitrogen and oxygen atoms in total. The van der Waals surface area contributed by atoms with Gasteiger partial charge in [0.25, 0.3) is 11.4 Å². The molecule has 2 N–H and O–H groups in total. The van der Waals surface area contributed by atoms with Crippen molar-refractivity contribution in [3.8, 4) is 136 Å². The molecule has 3 aromatic carbocycles. The van der Waals surface area contributed by atoms with Crippen molar-refractivity contribution in [1.29, 1.82) is 0 Å². The number of nitrogens with one attached hydrogen (secondary N) is 2. The predicted octanol–water partition coefficient (Wildman–Crippen LogP) is 13.8. The number of aromatic amines is 2. The molecule has 0 amide bonds. The smallest absolute Gasteiger partial charge is 0.346 e. The highest BCUT2D eigenvalue weighted by Crippen LogP contribution is 2.44. The van der Waals surface area contributed by atoms with Crippen LogP contribution in [0, 0.1) is 170 Å². The SMILES string of the molecule is [C-]#[N+]c1c(C(=O)OC2C(C)CC(C)CC2C)c2nc(-c3ccc(C)cc3C)[nH]n2c1OC(=O)c1ccc(OC#CC#CC#CC#CC#CC#CC#CC#CC#C)cc1.[C-]#[N+]c1c(C(=O)OC2C(C)CC(CC)CC2C)c2nc(C(C)(C)C=O)[nH]n2c1OC(=O)c1c(Cl)cccc1Cl. The van der Waals surface area contributed by atoms with Crippen molar-refractivity contribution in [2.24, 2.45) is 35.5 Å². The van der Waals surface area contributed by atoms with Crippen LogP contribution in [0.4, 0.5) is 11.4 Å². The van der Waals surface area contributed by atoms with Gasteiger partial charge in [0.1, 0.15) is 47.3 Å². The van der Waals surface area contributed by atoms with E-state index < -0.39 is 29.3 Å². The highest BCUT2D eigenvalue weighted by molar-refractivity contribution is 6.39. The first-order chi connectivity index (χ1) is 46.5. The second-order valence-corrected chi connectivity index (χ2v) is 24.8. The third-order valence-corrected chi connectivity index (χ3v) is 16.9. The number of fused-ring (bicyclic) bond motifs is 2. The van der Waals surface area contributed by atoms with Gasteiger partial charge in [-0.1, -0.05) is 101 Å². The number of ether oxygens (including phenoxy) is 5. The molecule has 4 heterocycles. The first-order valence-electron chi connectivity index (χ1n) is 30.6. The molecule has 0 radical (unpaired) electrons. The molecule has 4 atom stereocenters. The average molecular weight is 1330 g/mol. The van der Waals surface area contributed by atoms with Crippen LogP contribution >= 0.6 is 23.2 Å². The number of carbonyl (C=O) groups is 5. The Kier molecular flexibility index (Phi) is 23.6. The van der Waals surface area contributed by atoms with E-state index in [1.165, 1.54) is 45.4 Å². The zero-order valence-corrected chi connectivity index (χ0v) is 56.1. The molecule has 4 aromatic heterocycles. The summed E-state index contributed by atoms with van der Waals surface area (Å²) in [5.41, 5.74) is 1.23. The van der Waals surface area contributed by atoms with Gasteiger partial charge in [-0.3, -0.25) is 10.2 Å². The third-order valence-electron chi connectivity index (χ3n) is 16.3. The summed E-state index contributed by atoms with van der Waals surface area (Å²) in [6.07, 6.45) is 12.2. The molecule has 484 valence electrons. The lowest BCUT2D eigenvalue weighted by molar-refractivity contribution is -0.111. The number of benzene rings is 3. The van der Waals surface area contributed by atoms with E-state index >= 15 is 0 Å². The molecular formula is C77H62Cl2N8O10. The van der Waals surface area contributed by atoms with Gasteiger partial charge in [-0.15, -0.1) is 6.42 Å². The standard InChI is InChI=1S/C49H32N4O5.C28H30Cl2N4O5/c1-8-9-10-11-12-13-14-15-16-17-18-19-20-21-22-23-30-56-40-27-25-39(26-28-40)48(54)58-47-43(50-7)42(49(55)57-44-37(5)32-35(3)33-38(44)6)46-51-45(52-53(46)47)41-29-24-34(2)31-36(41)4;1-7-16-11-14(2)22(15(3)12-16)38-26(37)20-21(31-6)24(34-23(20)32-27(33-34)28(4,5)13-35)39-25(36)19-17(29)9-8-10-18(19)30/h1,24-29,31,35,37-38,44H,32-33H2,2-6H3,(H,51,52);8-10,13-16,22H,7,11-12H2,1-5H3,(H,32,33). The topological polar surface area (TPSA) is 206 Å². The average Bonchev–Trinajstić information content (AvgIpc) is 1.59. The molecule has 97 heavy (non-hydrogen) atoms. The quantitative estimate of drug-likeness (QED) is 0.0479. The molecule has 2 aliphatic carbocycles. The second kappa shape index (κ2) is 32.3. The fourth-order valence-corrected chi connectivity index (χ4v) is 12.3. The summed E-state index contributed by atoms with van der Waals surface area (Å²) in [5.74, 6) is 38.3. The van der Waals surface area contributed by atoms with Crippen LogP contribution in [0.15, 0.2) is 60.7 Å². The minimum Gasteiger partial charge on any atom is -0.459 e. The molecule has 9 rings (SSSR count). The lowest BCUT2D eigenvalue weighted by Crippen LogP contribution is -2.38. The van der Waals surface area contributed by atoms with Gasteiger partial charge in [-0.25, -0.2) is 47.9 Å². The number of hydrogen-bond acceptors (Lipinski definition) is 12. The van der Waals surface area contributed by atoms with Crippen LogP contribution in [0.2, 0.25) is 10.0 Å². The fourth-order valence-electron chi connectivity index (χ4n) is 11.8. The Balaban J connectivity index is 0.000000267. The number of aromatic nitrogens is 6. The molecule has 0 bridgehead atoms. The van der Waals surface area contributed by atoms with Crippen molar-refractivity contribution < 1.29 is 47.7 Å². The maximum absolute atomic E-state index is 14.0. The number of aldehydes is 1. The van der Waals surface area contributed by atoms with Crippen LogP contribution in [0.1, 0.15) is 146 Å². The minimum absolute atomic E-state index is 0.00605. The number of terminal acetylenes is 1. The van der Waals surface area contributed by atoms with Crippen LogP contribution in [-0.4, -0.2) is 71.6 Å². The van der Waals surface area contributed by atoms with Gasteiger partial charge in [0.15, 0.2) is 17.1 Å². The maximum atomic E-state index is 14.0. The molecular weight excluding hydrogens is 1270 g/mol. The van der Waals surface area contributed by atoms with E-state index in [2.05, 4.69) is 167 Å². The Hall–Kier alpha value is -11.9. The number of carbonyl (C=O) groups excluding carboxylic acids is 5. The summed E-state index contributed by atoms with van der Waals surface area (Å²) in [5, 5.41) is 6.17. The van der Waals surface area contributed by atoms with E-state index in [1.54, 1.807) is 19.9 Å². The largest absolute Gasteiger partial charge is 0.459 e. The number of esters is 4. The molecule has 0 saturated heterocycles. The Morgan fingerprint density at radius 2 is 1.11 bits per heavy atom. The highest BCUT2D eigenvalue weighted by Gasteiger charge is 2.41. The van der Waals surface area contributed by atoms with Gasteiger partial charge in [-0.2, -0.15) is 0 Å². The van der Waals surface area contributed by atoms with E-state index in [-0.39, 0.29) is 108 Å². The van der Waals surface area contributed by atoms with Gasteiger partial charge in [-0.05, 0) is 178 Å². The van der Waals surface area contributed by atoms with E-state index in [9.17, 15) is 24.0 Å². The monoisotopic (exact) mass is 1330 g/mol. The van der Waals surface area contributed by atoms with Crippen molar-refractivity contribution in [3.05, 3.63) is 133 Å². The Bertz CT molecular complexity index is 4940. The zero-order chi connectivity index (χ0) is 70.1. The third kappa shape index (κ3) is 16.9. The summed E-state index contributed by atoms with van der Waals surface area (Å²) in [7, 11) is 0. The van der Waals surface area contributed by atoms with Gasteiger partial charge in [0.2, 0.25) is 11.8 Å². The van der Waals surface area contributed by atoms with Crippen molar-refractivity contribution in [2.45, 2.75) is 119 Å². The van der Waals surface area contributed by atoms with Crippen LogP contribution in [-0.2, 0) is 19.7 Å². The first kappa shape index (κ1) is 71.0. The van der Waals surface area contributed by atoms with Gasteiger partial charge < -0.3 is 28.5 Å². The van der Waals surface area contributed by atoms with Crippen molar-refractivity contribution in [1.82, 2.24) is 29.2 Å². The van der Waals surface area contributed by atoms with Gasteiger partial charge in [0, 0.05) is 52.9 Å². The predicted molar refractivity (Wildman–Crippen MR) is 367 cm³/mol. The fraction of sp³-hybridized carbons (Fsp3) is 0.312. The lowest BCUT2D eigenvalue weighted by Gasteiger charge is -2.38. The minimum atomic E-state index is -1.06. The van der Waals surface area contributed by atoms with E-state index in [4.69, 9.17) is 71.4 Å². The molecule has 0 aliphatic heterocycles. The summed E-state index contributed by atoms with van der Waals surface area (Å²) < 4.78 is 31.5. The molecule has 2 saturated carbocycles. The number of nitrogens with zero attached hydrogens (tertiary/aromatic N) is 6. The van der Waals surface area contributed by atoms with Crippen LogP contribution in [0.5, 0.6) is 17.5 Å². The van der Waals surface area contributed by atoms with Crippen molar-refractivity contribution >= 4 is 76.0 Å². The van der Waals surface area contributed by atoms with Gasteiger partial charge in [0.05, 0.1) is 39.7 Å². The summed E-state index contributed by atoms with van der Waals surface area (Å²) in [6, 6.07) is 16.4. The van der Waals surface area contributed by atoms with Crippen LogP contribution in [0.25, 0.3) is 32.4 Å². The number of halogens is 2. The number of hydrogen-bond donors (Lipinski definition) is 2. The van der Waals surface area contributed by atoms with E-state index in [1.807, 2.05) is 32.0 Å². The lowest BCUT2D eigenvalue weighted by atomic mass is 9.73. The normalized spacial score (nSPS) is 17.9. The Labute approximate surface area is 573 Å². The van der Waals surface area contributed by atoms with Crippen LogP contribution in [0.3, 0.4) is 0 Å². The summed E-state index contributed by atoms with van der Waals surface area (Å²) in [4.78, 5) is 82.4. The Morgan fingerprint density at radius 1 is 0.639 bits per heavy atom. The molecule has 2 aliphatic rings. The maximum Gasteiger partial charge on any atom is 0.346 e. The molecule has 0 spiro atoms. The highest BCUT2D eigenvalue weighted by atomic mass is 35.5. The first-order valence-corrected chi connectivity index (χ1v) is 31.4. The summed E-state index contributed by atoms with van der Waals surface area (Å²) >= 11 is 12.4. The van der Waals surface area contributed by atoms with Crippen molar-refractivity contribution in [3.63, 3.8) is 0 Å². The Morgan fingerprint density at radius 3 is 1.60 bits per heavy atom. The molecule has 7 aromatic rings. The molecule has 2 fully saturated rings. The molecule has 20 heteroatoms. The summed E-state index contributed by atoms with van der Waals surface area (Å²) in [6.45, 7) is 35.7. The molecule has 4 unspecified atom stereocenters. The van der Waals surface area contributed by atoms with E-state index in [0.29, 0.717) is 29.7 Å². The number of rotatable bonds is 13. The number of H-pyrrole nitrogens is 2. The zero-order valence-electron chi connectivity index (χ0n) is 54.6.